The first kappa shape index (κ1) is 15.8. The highest BCUT2D eigenvalue weighted by Crippen LogP contribution is 2.26. The molecule has 1 N–H and O–H groups in total. The molecule has 3 unspecified atom stereocenters. The Balaban J connectivity index is 2.08. The third kappa shape index (κ3) is 3.34. The Kier molecular flexibility index (Phi) is 5.44. The molecular formula is C16H31N3O. The van der Waals surface area contributed by atoms with Gasteiger partial charge >= 0.3 is 0 Å². The van der Waals surface area contributed by atoms with Crippen LogP contribution in [0.25, 0.3) is 0 Å². The molecule has 4 heteroatoms. The van der Waals surface area contributed by atoms with Crippen molar-refractivity contribution in [3.8, 4) is 0 Å². The van der Waals surface area contributed by atoms with Gasteiger partial charge in [-0.3, -0.25) is 10.1 Å². The molecule has 3 atom stereocenters. The van der Waals surface area contributed by atoms with Crippen LogP contribution in [0.1, 0.15) is 52.9 Å². The van der Waals surface area contributed by atoms with Gasteiger partial charge in [-0.25, -0.2) is 0 Å². The molecular weight excluding hydrogens is 250 g/mol. The van der Waals surface area contributed by atoms with E-state index in [9.17, 15) is 4.79 Å². The zero-order valence-electron chi connectivity index (χ0n) is 13.6. The Labute approximate surface area is 123 Å². The number of piperidine rings is 1. The van der Waals surface area contributed by atoms with Crippen molar-refractivity contribution in [2.45, 2.75) is 71.1 Å². The van der Waals surface area contributed by atoms with E-state index in [0.29, 0.717) is 17.9 Å². The molecule has 0 saturated carbocycles. The Hall–Kier alpha value is -0.610. The lowest BCUT2D eigenvalue weighted by atomic mass is 10.0. The largest absolute Gasteiger partial charge is 0.321 e. The van der Waals surface area contributed by atoms with Gasteiger partial charge in [-0.05, 0) is 38.8 Å². The fourth-order valence-electron chi connectivity index (χ4n) is 3.58. The molecule has 116 valence electrons. The van der Waals surface area contributed by atoms with E-state index >= 15 is 0 Å². The predicted octanol–water partition coefficient (Wildman–Crippen LogP) is 2.05. The lowest BCUT2D eigenvalue weighted by Crippen LogP contribution is -2.53. The maximum Gasteiger partial charge on any atom is 0.241 e. The molecule has 2 heterocycles. The van der Waals surface area contributed by atoms with E-state index in [1.165, 1.54) is 6.42 Å². The summed E-state index contributed by atoms with van der Waals surface area (Å²) >= 11 is 0. The number of carbonyl (C=O) groups excluding carboxylic acids is 1. The molecule has 0 radical (unpaired) electrons. The van der Waals surface area contributed by atoms with Gasteiger partial charge in [0.25, 0.3) is 0 Å². The highest BCUT2D eigenvalue weighted by Gasteiger charge is 2.43. The lowest BCUT2D eigenvalue weighted by molar-refractivity contribution is -0.134. The summed E-state index contributed by atoms with van der Waals surface area (Å²) in [5.41, 5.74) is 0. The maximum absolute atomic E-state index is 12.8. The summed E-state index contributed by atoms with van der Waals surface area (Å²) < 4.78 is 0. The van der Waals surface area contributed by atoms with E-state index < -0.39 is 0 Å². The zero-order valence-corrected chi connectivity index (χ0v) is 13.6. The number of nitrogens with one attached hydrogen (secondary N) is 1. The fraction of sp³-hybridized carbons (Fsp3) is 0.938. The van der Waals surface area contributed by atoms with Crippen LogP contribution >= 0.6 is 0 Å². The van der Waals surface area contributed by atoms with E-state index in [-0.39, 0.29) is 12.2 Å². The van der Waals surface area contributed by atoms with Crippen molar-refractivity contribution in [1.82, 2.24) is 15.1 Å². The second kappa shape index (κ2) is 6.90. The van der Waals surface area contributed by atoms with E-state index in [1.54, 1.807) is 0 Å². The van der Waals surface area contributed by atoms with E-state index in [0.717, 1.165) is 38.8 Å². The van der Waals surface area contributed by atoms with Gasteiger partial charge in [0.15, 0.2) is 0 Å². The van der Waals surface area contributed by atoms with Crippen molar-refractivity contribution >= 4 is 5.91 Å². The average molecular weight is 281 g/mol. The van der Waals surface area contributed by atoms with Gasteiger partial charge in [0.1, 0.15) is 0 Å². The minimum Gasteiger partial charge on any atom is -0.321 e. The number of hydrogen-bond donors (Lipinski definition) is 1. The minimum absolute atomic E-state index is 0.0505. The van der Waals surface area contributed by atoms with Gasteiger partial charge in [-0.15, -0.1) is 0 Å². The SMILES string of the molecule is CCCCC1NC(C(C)C)N(C2CCCN(C)C2)C1=O. The van der Waals surface area contributed by atoms with Gasteiger partial charge in [0.05, 0.1) is 12.2 Å². The first-order valence-electron chi connectivity index (χ1n) is 8.31. The molecule has 0 aliphatic carbocycles. The number of carbonyl (C=O) groups is 1. The predicted molar refractivity (Wildman–Crippen MR) is 82.4 cm³/mol. The topological polar surface area (TPSA) is 35.6 Å². The first-order chi connectivity index (χ1) is 9.54. The molecule has 0 aromatic rings. The van der Waals surface area contributed by atoms with Crippen LogP contribution in [-0.4, -0.2) is 54.1 Å². The van der Waals surface area contributed by atoms with Gasteiger partial charge in [0, 0.05) is 12.6 Å². The van der Waals surface area contributed by atoms with Crippen LogP contribution < -0.4 is 5.32 Å². The molecule has 2 rings (SSSR count). The van der Waals surface area contributed by atoms with Crippen molar-refractivity contribution in [3.63, 3.8) is 0 Å². The maximum atomic E-state index is 12.8. The number of nitrogens with zero attached hydrogens (tertiary/aromatic N) is 2. The van der Waals surface area contributed by atoms with Gasteiger partial charge in [0.2, 0.25) is 5.91 Å². The quantitative estimate of drug-likeness (QED) is 0.838. The minimum atomic E-state index is 0.0505. The Bertz CT molecular complexity index is 332. The monoisotopic (exact) mass is 281 g/mol. The summed E-state index contributed by atoms with van der Waals surface area (Å²) in [6.45, 7) is 8.81. The van der Waals surface area contributed by atoms with Gasteiger partial charge < -0.3 is 9.80 Å². The van der Waals surface area contributed by atoms with Crippen LogP contribution in [0.4, 0.5) is 0 Å². The summed E-state index contributed by atoms with van der Waals surface area (Å²) in [4.78, 5) is 17.3. The number of amides is 1. The average Bonchev–Trinajstić information content (AvgIpc) is 2.74. The molecule has 2 fully saturated rings. The summed E-state index contributed by atoms with van der Waals surface area (Å²) in [6.07, 6.45) is 5.85. The molecule has 1 amide bonds. The Morgan fingerprint density at radius 3 is 2.75 bits per heavy atom. The number of hydrogen-bond acceptors (Lipinski definition) is 3. The van der Waals surface area contributed by atoms with Crippen molar-refractivity contribution < 1.29 is 4.79 Å². The van der Waals surface area contributed by atoms with Crippen LogP contribution in [-0.2, 0) is 4.79 Å². The molecule has 2 aliphatic heterocycles. The van der Waals surface area contributed by atoms with Crippen molar-refractivity contribution in [2.24, 2.45) is 5.92 Å². The van der Waals surface area contributed by atoms with Crippen molar-refractivity contribution in [1.29, 1.82) is 0 Å². The van der Waals surface area contributed by atoms with Crippen LogP contribution in [0.15, 0.2) is 0 Å². The molecule has 2 saturated heterocycles. The second-order valence-corrected chi connectivity index (χ2v) is 6.85. The lowest BCUT2D eigenvalue weighted by Gasteiger charge is -2.39. The summed E-state index contributed by atoms with van der Waals surface area (Å²) in [5.74, 6) is 0.815. The molecule has 0 spiro atoms. The number of likely N-dealkylation sites (tertiary alicyclic amines) is 1. The Morgan fingerprint density at radius 1 is 1.40 bits per heavy atom. The normalized spacial score (nSPS) is 32.4. The van der Waals surface area contributed by atoms with E-state index in [1.807, 2.05) is 0 Å². The van der Waals surface area contributed by atoms with Crippen LogP contribution in [0, 0.1) is 5.92 Å². The third-order valence-corrected chi connectivity index (χ3v) is 4.70. The summed E-state index contributed by atoms with van der Waals surface area (Å²) in [7, 11) is 2.17. The van der Waals surface area contributed by atoms with E-state index in [2.05, 4.69) is 42.9 Å². The first-order valence-corrected chi connectivity index (χ1v) is 8.31. The summed E-state index contributed by atoms with van der Waals surface area (Å²) in [6, 6.07) is 0.447. The number of rotatable bonds is 5. The molecule has 2 aliphatic rings. The highest BCUT2D eigenvalue weighted by atomic mass is 16.2. The van der Waals surface area contributed by atoms with Crippen molar-refractivity contribution in [3.05, 3.63) is 0 Å². The zero-order chi connectivity index (χ0) is 14.7. The molecule has 0 aromatic heterocycles. The number of likely N-dealkylation sites (N-methyl/N-ethyl adjacent to an activating group) is 1. The standard InChI is InChI=1S/C16H31N3O/c1-5-6-9-14-16(20)19(15(17-14)12(2)3)13-8-7-10-18(4)11-13/h12-15,17H,5-11H2,1-4H3. The summed E-state index contributed by atoms with van der Waals surface area (Å²) in [5, 5.41) is 3.60. The smallest absolute Gasteiger partial charge is 0.241 e. The van der Waals surface area contributed by atoms with E-state index in [4.69, 9.17) is 0 Å². The molecule has 0 bridgehead atoms. The molecule has 0 aromatic carbocycles. The fourth-order valence-corrected chi connectivity index (χ4v) is 3.58. The Morgan fingerprint density at radius 2 is 2.15 bits per heavy atom. The van der Waals surface area contributed by atoms with Gasteiger partial charge in [-0.2, -0.15) is 0 Å². The third-order valence-electron chi connectivity index (χ3n) is 4.70. The van der Waals surface area contributed by atoms with Crippen LogP contribution in [0.3, 0.4) is 0 Å². The number of unbranched alkanes of at least 4 members (excludes halogenated alkanes) is 1. The second-order valence-electron chi connectivity index (χ2n) is 6.85. The van der Waals surface area contributed by atoms with Crippen molar-refractivity contribution in [2.75, 3.05) is 20.1 Å². The molecule has 20 heavy (non-hydrogen) atoms. The van der Waals surface area contributed by atoms with Crippen LogP contribution in [0.5, 0.6) is 0 Å². The van der Waals surface area contributed by atoms with Crippen LogP contribution in [0.2, 0.25) is 0 Å². The molecule has 4 nitrogen and oxygen atoms in total. The highest BCUT2D eigenvalue weighted by molar-refractivity contribution is 5.84. The van der Waals surface area contributed by atoms with Gasteiger partial charge in [-0.1, -0.05) is 33.6 Å².